The molecular formula is C32H61N3O3. The molecule has 2 heterocycles. The molecule has 0 spiro atoms. The largest absolute Gasteiger partial charge is 0.506 e. The number of likely N-dealkylation sites (N-methyl/N-ethyl adjacent to an activating group) is 1. The van der Waals surface area contributed by atoms with E-state index in [0.717, 1.165) is 12.8 Å². The van der Waals surface area contributed by atoms with Gasteiger partial charge in [-0.05, 0) is 23.8 Å². The van der Waals surface area contributed by atoms with Gasteiger partial charge in [0, 0.05) is 20.1 Å². The highest BCUT2D eigenvalue weighted by atomic mass is 16.3. The Balaban J connectivity index is -0.000000472. The van der Waals surface area contributed by atoms with Crippen molar-refractivity contribution in [3.05, 3.63) is 46.9 Å². The van der Waals surface area contributed by atoms with Crippen molar-refractivity contribution < 1.29 is 15.0 Å². The summed E-state index contributed by atoms with van der Waals surface area (Å²) in [6, 6.07) is 0. The van der Waals surface area contributed by atoms with E-state index >= 15 is 0 Å². The Kier molecular flexibility index (Phi) is 25.1. The van der Waals surface area contributed by atoms with Crippen molar-refractivity contribution in [2.75, 3.05) is 20.1 Å². The zero-order chi connectivity index (χ0) is 30.3. The van der Waals surface area contributed by atoms with Gasteiger partial charge in [-0.25, -0.2) is 4.99 Å². The fourth-order valence-electron chi connectivity index (χ4n) is 3.27. The summed E-state index contributed by atoms with van der Waals surface area (Å²) in [6.07, 6.45) is 15.5. The number of aliphatic imine (C=N–C) groups is 1. The first-order valence-electron chi connectivity index (χ1n) is 14.8. The second-order valence-electron chi connectivity index (χ2n) is 9.27. The first kappa shape index (κ1) is 40.2. The van der Waals surface area contributed by atoms with Crippen LogP contribution in [0.1, 0.15) is 115 Å². The van der Waals surface area contributed by atoms with Crippen LogP contribution in [-0.2, 0) is 4.79 Å². The molecule has 1 atom stereocenters. The monoisotopic (exact) mass is 535 g/mol. The Bertz CT molecular complexity index is 769. The third kappa shape index (κ3) is 15.2. The van der Waals surface area contributed by atoms with E-state index in [1.54, 1.807) is 11.9 Å². The summed E-state index contributed by atoms with van der Waals surface area (Å²) in [5.74, 6) is -0.664. The standard InChI is InChI=1S/C13H20.C8H11N3O3.C5H12.3C2H6/c1-5-11-8-6-7-9-12(10-11)13(2,3)4;1-10-2-3-11-4-9-7(13)6(12)5(11)8(10)14;1-3-5-4-2;3*1-2/h7-10H,5-6H2,1-4H3;4,7,12-13H,2-3H2,1H3;3-5H2,1-2H3;3*1-2H3. The summed E-state index contributed by atoms with van der Waals surface area (Å²) < 4.78 is 0. The molecule has 1 aliphatic carbocycles. The molecule has 0 aromatic heterocycles. The normalized spacial score (nSPS) is 17.6. The zero-order valence-corrected chi connectivity index (χ0v) is 27.1. The maximum atomic E-state index is 11.6. The first-order chi connectivity index (χ1) is 18.1. The molecule has 2 N–H and O–H groups in total. The Morgan fingerprint density at radius 3 is 2.00 bits per heavy atom. The van der Waals surface area contributed by atoms with Crippen molar-refractivity contribution >= 4 is 12.2 Å². The quantitative estimate of drug-likeness (QED) is 0.380. The van der Waals surface area contributed by atoms with Crippen molar-refractivity contribution in [1.29, 1.82) is 0 Å². The minimum absolute atomic E-state index is 0.126. The number of hydrogen-bond acceptors (Lipinski definition) is 5. The maximum absolute atomic E-state index is 11.6. The number of allylic oxidation sites excluding steroid dienone is 6. The van der Waals surface area contributed by atoms with Crippen LogP contribution in [-0.4, -0.2) is 58.6 Å². The molecule has 0 aromatic carbocycles. The highest BCUT2D eigenvalue weighted by Gasteiger charge is 2.33. The number of aliphatic hydroxyl groups is 2. The Morgan fingerprint density at radius 2 is 1.55 bits per heavy atom. The van der Waals surface area contributed by atoms with Gasteiger partial charge in [0.05, 0.1) is 6.34 Å². The van der Waals surface area contributed by atoms with Gasteiger partial charge >= 0.3 is 0 Å². The summed E-state index contributed by atoms with van der Waals surface area (Å²) in [7, 11) is 1.65. The fraction of sp³-hybridized carbons (Fsp3) is 0.688. The molecule has 1 unspecified atom stereocenters. The SMILES string of the molecule is CC.CC.CC.CCC1=CCC=CC(C(C)(C)C)=C1.CCCCC.CN1CCN2C=NC(O)C(O)=C2C1=O. The first-order valence-corrected chi connectivity index (χ1v) is 14.8. The average molecular weight is 536 g/mol. The number of fused-ring (bicyclic) bond motifs is 1. The highest BCUT2D eigenvalue weighted by Crippen LogP contribution is 2.29. The number of amides is 1. The van der Waals surface area contributed by atoms with Crippen LogP contribution in [0.15, 0.2) is 51.9 Å². The lowest BCUT2D eigenvalue weighted by Crippen LogP contribution is -2.49. The predicted molar refractivity (Wildman–Crippen MR) is 167 cm³/mol. The molecule has 1 fully saturated rings. The van der Waals surface area contributed by atoms with Crippen molar-refractivity contribution in [3.8, 4) is 0 Å². The van der Waals surface area contributed by atoms with E-state index in [9.17, 15) is 15.0 Å². The van der Waals surface area contributed by atoms with E-state index in [0.29, 0.717) is 13.1 Å². The van der Waals surface area contributed by atoms with Gasteiger partial charge in [0.25, 0.3) is 5.91 Å². The van der Waals surface area contributed by atoms with Gasteiger partial charge < -0.3 is 20.0 Å². The number of rotatable bonds is 3. The van der Waals surface area contributed by atoms with Gasteiger partial charge in [0.2, 0.25) is 6.23 Å². The second kappa shape index (κ2) is 23.8. The molecule has 0 saturated carbocycles. The summed E-state index contributed by atoms with van der Waals surface area (Å²) >= 11 is 0. The van der Waals surface area contributed by atoms with Crippen molar-refractivity contribution in [3.63, 3.8) is 0 Å². The Hall–Kier alpha value is -2.34. The number of aliphatic hydroxyl groups excluding tert-OH is 2. The summed E-state index contributed by atoms with van der Waals surface area (Å²) in [5, 5.41) is 18.7. The molecule has 6 heteroatoms. The third-order valence-electron chi connectivity index (χ3n) is 5.48. The number of carbonyl (C=O) groups excluding carboxylic acids is 1. The maximum Gasteiger partial charge on any atom is 0.274 e. The molecule has 1 amide bonds. The van der Waals surface area contributed by atoms with Gasteiger partial charge in [0.15, 0.2) is 11.5 Å². The molecule has 1 saturated heterocycles. The van der Waals surface area contributed by atoms with E-state index in [2.05, 4.69) is 70.8 Å². The molecule has 222 valence electrons. The second-order valence-corrected chi connectivity index (χ2v) is 9.27. The van der Waals surface area contributed by atoms with E-state index < -0.39 is 6.23 Å². The number of nitrogens with zero attached hydrogens (tertiary/aromatic N) is 3. The topological polar surface area (TPSA) is 76.4 Å². The van der Waals surface area contributed by atoms with Crippen LogP contribution in [0.3, 0.4) is 0 Å². The minimum Gasteiger partial charge on any atom is -0.506 e. The van der Waals surface area contributed by atoms with Crippen LogP contribution in [0.5, 0.6) is 0 Å². The van der Waals surface area contributed by atoms with E-state index in [1.165, 1.54) is 41.6 Å². The Morgan fingerprint density at radius 1 is 1.00 bits per heavy atom. The zero-order valence-electron chi connectivity index (χ0n) is 27.1. The number of unbranched alkanes of at least 4 members (excludes halogenated alkanes) is 2. The molecular weight excluding hydrogens is 474 g/mol. The summed E-state index contributed by atoms with van der Waals surface area (Å²) in [5.41, 5.74) is 3.31. The lowest BCUT2D eigenvalue weighted by Gasteiger charge is -2.35. The molecule has 6 nitrogen and oxygen atoms in total. The van der Waals surface area contributed by atoms with Crippen molar-refractivity contribution in [1.82, 2.24) is 9.80 Å². The number of hydrogen-bond donors (Lipinski definition) is 2. The van der Waals surface area contributed by atoms with E-state index in [1.807, 2.05) is 41.5 Å². The molecule has 2 aliphatic heterocycles. The molecule has 3 rings (SSSR count). The molecule has 0 bridgehead atoms. The predicted octanol–water partition coefficient (Wildman–Crippen LogP) is 8.42. The van der Waals surface area contributed by atoms with Crippen LogP contribution in [0.4, 0.5) is 0 Å². The molecule has 0 radical (unpaired) electrons. The van der Waals surface area contributed by atoms with E-state index in [-0.39, 0.29) is 22.8 Å². The highest BCUT2D eigenvalue weighted by molar-refractivity contribution is 5.97. The van der Waals surface area contributed by atoms with E-state index in [4.69, 9.17) is 0 Å². The van der Waals surface area contributed by atoms with Crippen LogP contribution in [0.25, 0.3) is 0 Å². The van der Waals surface area contributed by atoms with Gasteiger partial charge in [-0.3, -0.25) is 4.79 Å². The minimum atomic E-state index is -1.31. The lowest BCUT2D eigenvalue weighted by molar-refractivity contribution is -0.129. The average Bonchev–Trinajstić information content (AvgIpc) is 3.19. The molecule has 38 heavy (non-hydrogen) atoms. The number of carbonyl (C=O) groups is 1. The van der Waals surface area contributed by atoms with Crippen molar-refractivity contribution in [2.24, 2.45) is 10.4 Å². The van der Waals surface area contributed by atoms with Crippen LogP contribution in [0.2, 0.25) is 0 Å². The van der Waals surface area contributed by atoms with Gasteiger partial charge in [0.1, 0.15) is 0 Å². The third-order valence-corrected chi connectivity index (χ3v) is 5.48. The number of piperazine rings is 1. The lowest BCUT2D eigenvalue weighted by atomic mass is 9.85. The van der Waals surface area contributed by atoms with Crippen LogP contribution in [0, 0.1) is 5.41 Å². The summed E-state index contributed by atoms with van der Waals surface area (Å²) in [6.45, 7) is 26.6. The summed E-state index contributed by atoms with van der Waals surface area (Å²) in [4.78, 5) is 18.3. The van der Waals surface area contributed by atoms with Crippen LogP contribution < -0.4 is 0 Å². The van der Waals surface area contributed by atoms with Gasteiger partial charge in [-0.15, -0.1) is 0 Å². The van der Waals surface area contributed by atoms with Gasteiger partial charge in [-0.1, -0.05) is 132 Å². The van der Waals surface area contributed by atoms with Crippen molar-refractivity contribution in [2.45, 2.75) is 121 Å². The van der Waals surface area contributed by atoms with Gasteiger partial charge in [-0.2, -0.15) is 0 Å². The molecule has 0 aromatic rings. The van der Waals surface area contributed by atoms with Crippen LogP contribution >= 0.6 is 0 Å². The smallest absolute Gasteiger partial charge is 0.274 e. The molecule has 3 aliphatic rings. The fourth-order valence-corrected chi connectivity index (χ4v) is 3.27. The Labute approximate surface area is 235 Å².